The molecule has 2 aliphatic heterocycles. The molecule has 0 radical (unpaired) electrons. The molecule has 0 bridgehead atoms. The Hall–Kier alpha value is -0.920. The van der Waals surface area contributed by atoms with Crippen molar-refractivity contribution in [3.8, 4) is 0 Å². The molecular formula is C16H24N2O3S2. The first-order valence-electron chi connectivity index (χ1n) is 8.28. The molecule has 0 aliphatic carbocycles. The van der Waals surface area contributed by atoms with Crippen molar-refractivity contribution < 1.29 is 13.2 Å². The van der Waals surface area contributed by atoms with Gasteiger partial charge in [-0.1, -0.05) is 6.07 Å². The van der Waals surface area contributed by atoms with Gasteiger partial charge < -0.3 is 4.90 Å². The van der Waals surface area contributed by atoms with Crippen LogP contribution in [0.3, 0.4) is 0 Å². The summed E-state index contributed by atoms with van der Waals surface area (Å²) in [5.41, 5.74) is 0. The second kappa shape index (κ2) is 7.32. The van der Waals surface area contributed by atoms with Crippen molar-refractivity contribution in [1.82, 2.24) is 9.80 Å². The lowest BCUT2D eigenvalue weighted by molar-refractivity contribution is -0.133. The van der Waals surface area contributed by atoms with E-state index in [1.54, 1.807) is 11.3 Å². The number of rotatable bonds is 5. The lowest BCUT2D eigenvalue weighted by Crippen LogP contribution is -2.52. The van der Waals surface area contributed by atoms with Gasteiger partial charge in [0, 0.05) is 43.5 Å². The first kappa shape index (κ1) is 16.9. The van der Waals surface area contributed by atoms with Gasteiger partial charge in [-0.2, -0.15) is 0 Å². The molecule has 7 heteroatoms. The van der Waals surface area contributed by atoms with Crippen molar-refractivity contribution in [2.75, 3.05) is 37.7 Å². The molecule has 2 aliphatic rings. The fraction of sp³-hybridized carbons (Fsp3) is 0.688. The van der Waals surface area contributed by atoms with Crippen LogP contribution >= 0.6 is 11.3 Å². The maximum atomic E-state index is 12.3. The molecule has 0 aromatic carbocycles. The van der Waals surface area contributed by atoms with Crippen molar-refractivity contribution in [2.24, 2.45) is 0 Å². The van der Waals surface area contributed by atoms with E-state index in [2.05, 4.69) is 16.3 Å². The van der Waals surface area contributed by atoms with Crippen LogP contribution in [-0.2, 0) is 21.1 Å². The number of hydrogen-bond acceptors (Lipinski definition) is 5. The van der Waals surface area contributed by atoms with Crippen molar-refractivity contribution in [2.45, 2.75) is 31.7 Å². The highest BCUT2D eigenvalue weighted by Gasteiger charge is 2.34. The molecule has 1 aromatic heterocycles. The number of thiophene rings is 1. The number of aryl methyl sites for hydroxylation is 1. The molecule has 1 aromatic rings. The van der Waals surface area contributed by atoms with Crippen LogP contribution in [0.1, 0.15) is 24.1 Å². The Balaban J connectivity index is 1.39. The lowest BCUT2D eigenvalue weighted by Gasteiger charge is -2.37. The summed E-state index contributed by atoms with van der Waals surface area (Å²) < 4.78 is 23.2. The van der Waals surface area contributed by atoms with Gasteiger partial charge in [0.05, 0.1) is 11.5 Å². The molecule has 2 saturated heterocycles. The molecule has 1 amide bonds. The van der Waals surface area contributed by atoms with E-state index in [4.69, 9.17) is 0 Å². The molecule has 5 nitrogen and oxygen atoms in total. The number of hydrogen-bond donors (Lipinski definition) is 0. The summed E-state index contributed by atoms with van der Waals surface area (Å²) in [6.45, 7) is 3.07. The summed E-state index contributed by atoms with van der Waals surface area (Å²) in [6.07, 6.45) is 3.23. The SMILES string of the molecule is O=C(CCCc1cccs1)N1CCN([C@@H]2CCS(=O)(=O)C2)CC1. The zero-order valence-electron chi connectivity index (χ0n) is 13.3. The molecule has 0 spiro atoms. The molecule has 23 heavy (non-hydrogen) atoms. The Bertz CT molecular complexity index is 620. The highest BCUT2D eigenvalue weighted by atomic mass is 32.2. The van der Waals surface area contributed by atoms with Crippen LogP contribution in [0.4, 0.5) is 0 Å². The minimum absolute atomic E-state index is 0.163. The third kappa shape index (κ3) is 4.55. The van der Waals surface area contributed by atoms with Gasteiger partial charge >= 0.3 is 0 Å². The van der Waals surface area contributed by atoms with E-state index in [9.17, 15) is 13.2 Å². The largest absolute Gasteiger partial charge is 0.340 e. The van der Waals surface area contributed by atoms with Gasteiger partial charge in [0.1, 0.15) is 0 Å². The van der Waals surface area contributed by atoms with Gasteiger partial charge in [0.2, 0.25) is 5.91 Å². The predicted octanol–water partition coefficient (Wildman–Crippen LogP) is 1.40. The fourth-order valence-corrected chi connectivity index (χ4v) is 5.94. The number of nitrogens with zero attached hydrogens (tertiary/aromatic N) is 2. The molecule has 3 heterocycles. The van der Waals surface area contributed by atoms with Crippen LogP contribution in [0, 0.1) is 0 Å². The summed E-state index contributed by atoms with van der Waals surface area (Å²) in [5.74, 6) is 0.849. The van der Waals surface area contributed by atoms with Crippen LogP contribution < -0.4 is 0 Å². The van der Waals surface area contributed by atoms with Gasteiger partial charge in [-0.05, 0) is 30.7 Å². The minimum Gasteiger partial charge on any atom is -0.340 e. The number of carbonyl (C=O) groups excluding carboxylic acids is 1. The average molecular weight is 357 g/mol. The highest BCUT2D eigenvalue weighted by Crippen LogP contribution is 2.20. The van der Waals surface area contributed by atoms with Crippen LogP contribution in [0.25, 0.3) is 0 Å². The standard InChI is InChI=1S/C16H24N2O3S2/c19-16(5-1-3-15-4-2-11-22-15)18-9-7-17(8-10-18)14-6-12-23(20,21)13-14/h2,4,11,14H,1,3,5-10,12-13H2/t14-/m1/s1. The van der Waals surface area contributed by atoms with Crippen molar-refractivity contribution in [1.29, 1.82) is 0 Å². The molecule has 128 valence electrons. The molecular weight excluding hydrogens is 332 g/mol. The van der Waals surface area contributed by atoms with Gasteiger partial charge in [-0.15, -0.1) is 11.3 Å². The zero-order chi connectivity index (χ0) is 16.3. The second-order valence-corrected chi connectivity index (χ2v) is 9.67. The summed E-state index contributed by atoms with van der Waals surface area (Å²) in [6, 6.07) is 4.32. The van der Waals surface area contributed by atoms with Crippen LogP contribution in [0.15, 0.2) is 17.5 Å². The number of sulfone groups is 1. The Labute approximate surface area is 142 Å². The molecule has 2 fully saturated rings. The zero-order valence-corrected chi connectivity index (χ0v) is 14.9. The molecule has 1 atom stereocenters. The third-order valence-electron chi connectivity index (χ3n) is 4.79. The van der Waals surface area contributed by atoms with E-state index >= 15 is 0 Å². The first-order valence-corrected chi connectivity index (χ1v) is 11.0. The third-order valence-corrected chi connectivity index (χ3v) is 7.47. The van der Waals surface area contributed by atoms with Gasteiger partial charge in [0.25, 0.3) is 0 Å². The molecule has 0 N–H and O–H groups in total. The van der Waals surface area contributed by atoms with E-state index in [-0.39, 0.29) is 11.9 Å². The number of piperazine rings is 1. The Morgan fingerprint density at radius 2 is 2.04 bits per heavy atom. The van der Waals surface area contributed by atoms with Crippen molar-refractivity contribution in [3.05, 3.63) is 22.4 Å². The minimum atomic E-state index is -2.83. The van der Waals surface area contributed by atoms with Crippen LogP contribution in [-0.4, -0.2) is 67.9 Å². The van der Waals surface area contributed by atoms with Crippen LogP contribution in [0.2, 0.25) is 0 Å². The summed E-state index contributed by atoms with van der Waals surface area (Å²) in [4.78, 5) is 17.8. The topological polar surface area (TPSA) is 57.7 Å². The quantitative estimate of drug-likeness (QED) is 0.800. The Morgan fingerprint density at radius 1 is 1.26 bits per heavy atom. The monoisotopic (exact) mass is 356 g/mol. The van der Waals surface area contributed by atoms with E-state index in [0.29, 0.717) is 17.9 Å². The van der Waals surface area contributed by atoms with Gasteiger partial charge in [-0.25, -0.2) is 8.42 Å². The lowest BCUT2D eigenvalue weighted by atomic mass is 10.1. The average Bonchev–Trinajstić information content (AvgIpc) is 3.17. The van der Waals surface area contributed by atoms with E-state index in [0.717, 1.165) is 45.4 Å². The van der Waals surface area contributed by atoms with Crippen molar-refractivity contribution >= 4 is 27.1 Å². The number of carbonyl (C=O) groups is 1. The van der Waals surface area contributed by atoms with Crippen molar-refractivity contribution in [3.63, 3.8) is 0 Å². The number of amides is 1. The van der Waals surface area contributed by atoms with E-state index in [1.807, 2.05) is 11.0 Å². The van der Waals surface area contributed by atoms with E-state index < -0.39 is 9.84 Å². The summed E-state index contributed by atoms with van der Waals surface area (Å²) in [5, 5.41) is 2.07. The Morgan fingerprint density at radius 3 is 2.65 bits per heavy atom. The normalized spacial score (nSPS) is 24.9. The Kier molecular flexibility index (Phi) is 5.38. The molecule has 0 saturated carbocycles. The van der Waals surface area contributed by atoms with E-state index in [1.165, 1.54) is 4.88 Å². The fourth-order valence-electron chi connectivity index (χ4n) is 3.43. The maximum Gasteiger partial charge on any atom is 0.222 e. The predicted molar refractivity (Wildman–Crippen MR) is 92.5 cm³/mol. The smallest absolute Gasteiger partial charge is 0.222 e. The molecule has 0 unspecified atom stereocenters. The molecule has 3 rings (SSSR count). The highest BCUT2D eigenvalue weighted by molar-refractivity contribution is 7.91. The first-order chi connectivity index (χ1) is 11.0. The van der Waals surface area contributed by atoms with Gasteiger partial charge in [-0.3, -0.25) is 9.69 Å². The second-order valence-electron chi connectivity index (χ2n) is 6.41. The van der Waals surface area contributed by atoms with Crippen LogP contribution in [0.5, 0.6) is 0 Å². The summed E-state index contributed by atoms with van der Waals surface area (Å²) >= 11 is 1.74. The summed E-state index contributed by atoms with van der Waals surface area (Å²) in [7, 11) is -2.83. The van der Waals surface area contributed by atoms with Gasteiger partial charge in [0.15, 0.2) is 9.84 Å². The maximum absolute atomic E-state index is 12.3.